The summed E-state index contributed by atoms with van der Waals surface area (Å²) in [6.45, 7) is 9.36. The number of para-hydroxylation sites is 2. The normalized spacial score (nSPS) is 22.1. The highest BCUT2D eigenvalue weighted by Gasteiger charge is 2.42. The Morgan fingerprint density at radius 2 is 1.63 bits per heavy atom. The first kappa shape index (κ1) is 23.6. The molecular formula is C33H39N2+. The van der Waals surface area contributed by atoms with Crippen molar-refractivity contribution in [3.8, 4) is 0 Å². The van der Waals surface area contributed by atoms with Crippen molar-refractivity contribution in [3.63, 3.8) is 0 Å². The van der Waals surface area contributed by atoms with Crippen LogP contribution < -0.4 is 4.90 Å². The summed E-state index contributed by atoms with van der Waals surface area (Å²) in [5.74, 6) is 0. The summed E-state index contributed by atoms with van der Waals surface area (Å²) in [6.07, 6.45) is 16.8. The molecule has 0 spiro atoms. The fraction of sp³-hybridized carbons (Fsp3) is 0.364. The van der Waals surface area contributed by atoms with E-state index in [0.29, 0.717) is 0 Å². The smallest absolute Gasteiger partial charge is 0.209 e. The van der Waals surface area contributed by atoms with Gasteiger partial charge in [-0.1, -0.05) is 62.4 Å². The first-order chi connectivity index (χ1) is 16.7. The average Bonchev–Trinajstić information content (AvgIpc) is 3.18. The maximum atomic E-state index is 2.46. The lowest BCUT2D eigenvalue weighted by Gasteiger charge is -2.24. The molecule has 0 radical (unpaired) electrons. The lowest BCUT2D eigenvalue weighted by Crippen LogP contribution is -2.26. The Hall–Kier alpha value is -3.13. The van der Waals surface area contributed by atoms with Gasteiger partial charge in [0.1, 0.15) is 7.05 Å². The quantitative estimate of drug-likeness (QED) is 0.329. The third-order valence-corrected chi connectivity index (χ3v) is 8.38. The van der Waals surface area contributed by atoms with E-state index >= 15 is 0 Å². The molecule has 0 fully saturated rings. The second-order valence-corrected chi connectivity index (χ2v) is 11.3. The molecule has 0 atom stereocenters. The fourth-order valence-corrected chi connectivity index (χ4v) is 6.31. The summed E-state index contributed by atoms with van der Waals surface area (Å²) >= 11 is 0. The molecule has 2 aromatic rings. The van der Waals surface area contributed by atoms with E-state index in [9.17, 15) is 0 Å². The summed E-state index contributed by atoms with van der Waals surface area (Å²) in [6, 6.07) is 17.6. The summed E-state index contributed by atoms with van der Waals surface area (Å²) in [4.78, 5) is 2.36. The molecule has 3 aliphatic rings. The molecule has 2 heteroatoms. The van der Waals surface area contributed by atoms with Crippen LogP contribution >= 0.6 is 0 Å². The molecular weight excluding hydrogens is 424 g/mol. The van der Waals surface area contributed by atoms with E-state index in [0.717, 1.165) is 6.42 Å². The topological polar surface area (TPSA) is 6.25 Å². The Balaban J connectivity index is 1.55. The van der Waals surface area contributed by atoms with Crippen LogP contribution in [0.2, 0.25) is 0 Å². The van der Waals surface area contributed by atoms with Gasteiger partial charge in [-0.05, 0) is 74.5 Å². The summed E-state index contributed by atoms with van der Waals surface area (Å²) in [5, 5.41) is 0. The van der Waals surface area contributed by atoms with Gasteiger partial charge in [0, 0.05) is 41.6 Å². The zero-order valence-corrected chi connectivity index (χ0v) is 22.2. The summed E-state index contributed by atoms with van der Waals surface area (Å²) in [7, 11) is 4.40. The van der Waals surface area contributed by atoms with Gasteiger partial charge in [0.25, 0.3) is 0 Å². The Morgan fingerprint density at radius 3 is 2.31 bits per heavy atom. The summed E-state index contributed by atoms with van der Waals surface area (Å²) < 4.78 is 2.36. The van der Waals surface area contributed by atoms with Crippen molar-refractivity contribution in [2.75, 3.05) is 19.0 Å². The number of fused-ring (bicyclic) bond motifs is 2. The Kier molecular flexibility index (Phi) is 5.95. The lowest BCUT2D eigenvalue weighted by molar-refractivity contribution is -0.401. The minimum absolute atomic E-state index is 0.0122. The predicted octanol–water partition coefficient (Wildman–Crippen LogP) is 7.99. The molecule has 0 N–H and O–H groups in total. The van der Waals surface area contributed by atoms with E-state index in [4.69, 9.17) is 0 Å². The lowest BCUT2D eigenvalue weighted by atomic mass is 9.81. The molecule has 0 unspecified atom stereocenters. The third kappa shape index (κ3) is 3.93. The van der Waals surface area contributed by atoms with E-state index in [1.807, 2.05) is 0 Å². The van der Waals surface area contributed by atoms with Gasteiger partial charge in [0.15, 0.2) is 5.71 Å². The largest absolute Gasteiger partial charge is 0.347 e. The standard InChI is InChI=1S/C33H39N2/c1-32(2)26-16-10-12-18-28(26)34(5)30(32)22-20-25(24-14-8-7-9-15-24)21-23-31-33(3,4)27-17-11-13-19-29(27)35(31)6/h10-14,16-23H,7-9,15H2,1-6H3/q+1. The van der Waals surface area contributed by atoms with Crippen LogP contribution in [0, 0.1) is 0 Å². The second-order valence-electron chi connectivity index (χ2n) is 11.3. The second kappa shape index (κ2) is 8.82. The number of likely N-dealkylation sites (N-methyl/N-ethyl adjacent to an activating group) is 1. The monoisotopic (exact) mass is 463 g/mol. The maximum Gasteiger partial charge on any atom is 0.209 e. The number of hydrogen-bond acceptors (Lipinski definition) is 1. The highest BCUT2D eigenvalue weighted by atomic mass is 15.2. The molecule has 0 saturated carbocycles. The number of rotatable bonds is 4. The molecule has 2 nitrogen and oxygen atoms in total. The molecule has 0 saturated heterocycles. The van der Waals surface area contributed by atoms with Gasteiger partial charge >= 0.3 is 0 Å². The van der Waals surface area contributed by atoms with Crippen molar-refractivity contribution in [1.82, 2.24) is 0 Å². The highest BCUT2D eigenvalue weighted by molar-refractivity contribution is 6.03. The van der Waals surface area contributed by atoms with Crippen LogP contribution in [0.5, 0.6) is 0 Å². The van der Waals surface area contributed by atoms with E-state index < -0.39 is 0 Å². The van der Waals surface area contributed by atoms with Crippen LogP contribution in [0.1, 0.15) is 64.5 Å². The van der Waals surface area contributed by atoms with Gasteiger partial charge in [0.05, 0.1) is 5.41 Å². The van der Waals surface area contributed by atoms with E-state index in [2.05, 4.69) is 130 Å². The van der Waals surface area contributed by atoms with Gasteiger partial charge in [-0.2, -0.15) is 4.58 Å². The van der Waals surface area contributed by atoms with Crippen LogP contribution in [0.15, 0.2) is 95.8 Å². The highest BCUT2D eigenvalue weighted by Crippen LogP contribution is 2.46. The van der Waals surface area contributed by atoms with Crippen LogP contribution in [-0.4, -0.2) is 24.4 Å². The minimum Gasteiger partial charge on any atom is -0.347 e. The van der Waals surface area contributed by atoms with Crippen molar-refractivity contribution in [1.29, 1.82) is 0 Å². The number of anilines is 1. The molecule has 180 valence electrons. The van der Waals surface area contributed by atoms with Crippen LogP contribution in [0.25, 0.3) is 0 Å². The van der Waals surface area contributed by atoms with E-state index in [1.165, 1.54) is 64.3 Å². The molecule has 35 heavy (non-hydrogen) atoms. The Morgan fingerprint density at radius 1 is 0.914 bits per heavy atom. The van der Waals surface area contributed by atoms with Crippen molar-refractivity contribution >= 4 is 17.1 Å². The van der Waals surface area contributed by atoms with E-state index in [-0.39, 0.29) is 10.8 Å². The molecule has 0 amide bonds. The average molecular weight is 464 g/mol. The Bertz CT molecular complexity index is 1310. The fourth-order valence-electron chi connectivity index (χ4n) is 6.31. The zero-order chi connectivity index (χ0) is 24.8. The first-order valence-corrected chi connectivity index (χ1v) is 13.1. The van der Waals surface area contributed by atoms with Gasteiger partial charge < -0.3 is 4.90 Å². The van der Waals surface area contributed by atoms with Crippen molar-refractivity contribution in [3.05, 3.63) is 107 Å². The predicted molar refractivity (Wildman–Crippen MR) is 150 cm³/mol. The van der Waals surface area contributed by atoms with Gasteiger partial charge in [-0.15, -0.1) is 0 Å². The molecule has 2 aliphatic heterocycles. The first-order valence-electron chi connectivity index (χ1n) is 13.1. The molecule has 1 aliphatic carbocycles. The van der Waals surface area contributed by atoms with Crippen LogP contribution in [0.3, 0.4) is 0 Å². The summed E-state index contributed by atoms with van der Waals surface area (Å²) in [5.41, 5.74) is 10.9. The number of benzene rings is 2. The SMILES string of the molecule is CN1/C(=C/C=C(/C=C/C2=[N+](C)c3ccccc3C2(C)C)C2=CCCCC2)C(C)(C)c2ccccc21. The van der Waals surface area contributed by atoms with Crippen LogP contribution in [-0.2, 0) is 10.8 Å². The van der Waals surface area contributed by atoms with Gasteiger partial charge in [0.2, 0.25) is 5.69 Å². The molecule has 0 bridgehead atoms. The number of nitrogens with zero attached hydrogens (tertiary/aromatic N) is 2. The van der Waals surface area contributed by atoms with Crippen molar-refractivity contribution < 1.29 is 4.58 Å². The van der Waals surface area contributed by atoms with Crippen LogP contribution in [0.4, 0.5) is 11.4 Å². The van der Waals surface area contributed by atoms with Gasteiger partial charge in [-0.25, -0.2) is 0 Å². The molecule has 5 rings (SSSR count). The number of allylic oxidation sites excluding steroid dienone is 8. The van der Waals surface area contributed by atoms with Crippen molar-refractivity contribution in [2.45, 2.75) is 64.2 Å². The minimum atomic E-state index is -0.0122. The zero-order valence-electron chi connectivity index (χ0n) is 22.2. The molecule has 2 aromatic carbocycles. The maximum absolute atomic E-state index is 2.46. The molecule has 2 heterocycles. The number of hydrogen-bond donors (Lipinski definition) is 0. The third-order valence-electron chi connectivity index (χ3n) is 8.38. The Labute approximate surface area is 211 Å². The van der Waals surface area contributed by atoms with Crippen molar-refractivity contribution in [2.24, 2.45) is 0 Å². The van der Waals surface area contributed by atoms with E-state index in [1.54, 1.807) is 0 Å². The molecule has 0 aromatic heterocycles. The van der Waals surface area contributed by atoms with Gasteiger partial charge in [-0.3, -0.25) is 0 Å².